The standard InChI is InChI=1S/C12H12N2O/c1-14-11(7-13)10-6-12(15)9-5-3-2-4-8(9)10/h8-9H,2-6H2/b11-10-. The average Bonchev–Trinajstić information content (AvgIpc) is 2.60. The molecule has 2 unspecified atom stereocenters. The highest BCUT2D eigenvalue weighted by Crippen LogP contribution is 2.44. The summed E-state index contributed by atoms with van der Waals surface area (Å²) in [7, 11) is 0. The molecule has 2 fully saturated rings. The first-order valence-corrected chi connectivity index (χ1v) is 5.31. The summed E-state index contributed by atoms with van der Waals surface area (Å²) in [6.45, 7) is 6.93. The van der Waals surface area contributed by atoms with Crippen LogP contribution < -0.4 is 0 Å². The maximum atomic E-state index is 11.7. The highest BCUT2D eigenvalue weighted by Gasteiger charge is 2.40. The van der Waals surface area contributed by atoms with Crippen LogP contribution in [0, 0.1) is 29.7 Å². The third-order valence-electron chi connectivity index (χ3n) is 3.51. The van der Waals surface area contributed by atoms with E-state index in [4.69, 9.17) is 11.8 Å². The van der Waals surface area contributed by atoms with Gasteiger partial charge in [-0.05, 0) is 24.3 Å². The maximum absolute atomic E-state index is 11.7. The lowest BCUT2D eigenvalue weighted by molar-refractivity contribution is -0.121. The number of fused-ring (bicyclic) bond motifs is 1. The molecule has 2 aliphatic carbocycles. The number of carbonyl (C=O) groups is 1. The van der Waals surface area contributed by atoms with Crippen molar-refractivity contribution in [2.75, 3.05) is 0 Å². The summed E-state index contributed by atoms with van der Waals surface area (Å²) < 4.78 is 0. The zero-order valence-electron chi connectivity index (χ0n) is 8.49. The van der Waals surface area contributed by atoms with E-state index in [1.54, 1.807) is 0 Å². The Bertz CT molecular complexity index is 392. The van der Waals surface area contributed by atoms with E-state index in [0.717, 1.165) is 31.3 Å². The van der Waals surface area contributed by atoms with Crippen LogP contribution in [0.3, 0.4) is 0 Å². The van der Waals surface area contributed by atoms with Gasteiger partial charge in [0.05, 0.1) is 12.6 Å². The number of nitrogens with zero attached hydrogens (tertiary/aromatic N) is 2. The first kappa shape index (κ1) is 9.93. The zero-order chi connectivity index (χ0) is 10.8. The second-order valence-corrected chi connectivity index (χ2v) is 4.24. The van der Waals surface area contributed by atoms with Crippen LogP contribution in [-0.2, 0) is 4.79 Å². The maximum Gasteiger partial charge on any atom is 0.261 e. The van der Waals surface area contributed by atoms with Crippen LogP contribution in [0.5, 0.6) is 0 Å². The quantitative estimate of drug-likeness (QED) is 0.445. The summed E-state index contributed by atoms with van der Waals surface area (Å²) in [6, 6.07) is 1.92. The molecule has 2 saturated carbocycles. The molecule has 0 amide bonds. The Labute approximate surface area is 89.2 Å². The number of rotatable bonds is 0. The fourth-order valence-corrected chi connectivity index (χ4v) is 2.81. The molecule has 0 aromatic rings. The van der Waals surface area contributed by atoms with Gasteiger partial charge in [0.1, 0.15) is 5.78 Å². The smallest absolute Gasteiger partial charge is 0.261 e. The number of hydrogen-bond acceptors (Lipinski definition) is 2. The van der Waals surface area contributed by atoms with Crippen molar-refractivity contribution in [3.63, 3.8) is 0 Å². The van der Waals surface area contributed by atoms with Crippen molar-refractivity contribution in [3.05, 3.63) is 22.7 Å². The number of allylic oxidation sites excluding steroid dienone is 2. The van der Waals surface area contributed by atoms with E-state index >= 15 is 0 Å². The van der Waals surface area contributed by atoms with Crippen molar-refractivity contribution >= 4 is 5.78 Å². The van der Waals surface area contributed by atoms with E-state index < -0.39 is 0 Å². The minimum absolute atomic E-state index is 0.110. The molecule has 0 radical (unpaired) electrons. The van der Waals surface area contributed by atoms with Gasteiger partial charge in [0.15, 0.2) is 0 Å². The Balaban J connectivity index is 2.38. The predicted octanol–water partition coefficient (Wildman–Crippen LogP) is 2.46. The molecular weight excluding hydrogens is 188 g/mol. The van der Waals surface area contributed by atoms with E-state index in [1.165, 1.54) is 0 Å². The van der Waals surface area contributed by atoms with Crippen LogP contribution in [0.4, 0.5) is 0 Å². The molecule has 0 aromatic heterocycles. The molecule has 3 heteroatoms. The summed E-state index contributed by atoms with van der Waals surface area (Å²) in [5.41, 5.74) is 0.986. The highest BCUT2D eigenvalue weighted by molar-refractivity contribution is 5.88. The second kappa shape index (κ2) is 3.87. The lowest BCUT2D eigenvalue weighted by atomic mass is 9.79. The fraction of sp³-hybridized carbons (Fsp3) is 0.583. The number of carbonyl (C=O) groups excluding carboxylic acids is 1. The summed E-state index contributed by atoms with van der Waals surface area (Å²) in [5.74, 6) is 0.556. The van der Waals surface area contributed by atoms with Gasteiger partial charge in [0.2, 0.25) is 0 Å². The van der Waals surface area contributed by atoms with Crippen LogP contribution in [0.2, 0.25) is 0 Å². The number of hydrogen-bond donors (Lipinski definition) is 0. The molecule has 0 spiro atoms. The molecule has 0 aromatic carbocycles. The summed E-state index contributed by atoms with van der Waals surface area (Å²) >= 11 is 0. The predicted molar refractivity (Wildman–Crippen MR) is 54.3 cm³/mol. The van der Waals surface area contributed by atoms with Crippen LogP contribution in [-0.4, -0.2) is 5.78 Å². The van der Waals surface area contributed by atoms with Gasteiger partial charge in [-0.15, -0.1) is 0 Å². The lowest BCUT2D eigenvalue weighted by Gasteiger charge is -2.24. The van der Waals surface area contributed by atoms with E-state index in [1.807, 2.05) is 6.07 Å². The van der Waals surface area contributed by atoms with E-state index in [2.05, 4.69) is 4.85 Å². The van der Waals surface area contributed by atoms with Crippen molar-refractivity contribution < 1.29 is 4.79 Å². The number of ketones is 1. The minimum Gasteiger partial charge on any atom is -0.299 e. The monoisotopic (exact) mass is 200 g/mol. The van der Waals surface area contributed by atoms with Gasteiger partial charge in [0.25, 0.3) is 5.70 Å². The van der Waals surface area contributed by atoms with Gasteiger partial charge >= 0.3 is 0 Å². The van der Waals surface area contributed by atoms with E-state index in [9.17, 15) is 4.79 Å². The van der Waals surface area contributed by atoms with Crippen LogP contribution in [0.25, 0.3) is 4.85 Å². The summed E-state index contributed by atoms with van der Waals surface area (Å²) in [6.07, 6.45) is 4.51. The van der Waals surface area contributed by atoms with Gasteiger partial charge in [-0.2, -0.15) is 0 Å². The molecule has 0 saturated heterocycles. The second-order valence-electron chi connectivity index (χ2n) is 4.24. The largest absolute Gasteiger partial charge is 0.299 e. The Morgan fingerprint density at radius 2 is 2.07 bits per heavy atom. The summed E-state index contributed by atoms with van der Waals surface area (Å²) in [5, 5.41) is 8.83. The number of nitriles is 1. The molecule has 0 N–H and O–H groups in total. The Morgan fingerprint density at radius 1 is 1.40 bits per heavy atom. The normalized spacial score (nSPS) is 32.8. The van der Waals surface area contributed by atoms with Crippen molar-refractivity contribution in [3.8, 4) is 6.07 Å². The van der Waals surface area contributed by atoms with E-state index in [-0.39, 0.29) is 23.3 Å². The van der Waals surface area contributed by atoms with Crippen molar-refractivity contribution in [1.82, 2.24) is 0 Å². The van der Waals surface area contributed by atoms with E-state index in [0.29, 0.717) is 6.42 Å². The number of Topliss-reactive ketones (excluding diaryl/α,β-unsaturated/α-hetero) is 1. The molecule has 76 valence electrons. The Morgan fingerprint density at radius 3 is 2.67 bits per heavy atom. The first-order chi connectivity index (χ1) is 7.27. The molecule has 3 nitrogen and oxygen atoms in total. The fourth-order valence-electron chi connectivity index (χ4n) is 2.81. The summed E-state index contributed by atoms with van der Waals surface area (Å²) in [4.78, 5) is 14.9. The first-order valence-electron chi connectivity index (χ1n) is 5.31. The van der Waals surface area contributed by atoms with Gasteiger partial charge < -0.3 is 0 Å². The van der Waals surface area contributed by atoms with Gasteiger partial charge in [-0.3, -0.25) is 4.79 Å². The minimum atomic E-state index is 0.110. The zero-order valence-corrected chi connectivity index (χ0v) is 8.49. The average molecular weight is 200 g/mol. The topological polar surface area (TPSA) is 45.2 Å². The van der Waals surface area contributed by atoms with Crippen LogP contribution in [0.1, 0.15) is 32.1 Å². The molecule has 0 bridgehead atoms. The van der Waals surface area contributed by atoms with Gasteiger partial charge in [-0.1, -0.05) is 12.8 Å². The SMILES string of the molecule is [C-]#[N+]/C(C#N)=C1/CC(=O)C2CCCCC12. The Hall–Kier alpha value is -1.61. The van der Waals surface area contributed by atoms with Crippen molar-refractivity contribution in [1.29, 1.82) is 5.26 Å². The van der Waals surface area contributed by atoms with Gasteiger partial charge in [-0.25, -0.2) is 10.1 Å². The van der Waals surface area contributed by atoms with Crippen LogP contribution >= 0.6 is 0 Å². The molecule has 0 heterocycles. The highest BCUT2D eigenvalue weighted by atomic mass is 16.1. The lowest BCUT2D eigenvalue weighted by Crippen LogP contribution is -2.19. The van der Waals surface area contributed by atoms with Crippen molar-refractivity contribution in [2.45, 2.75) is 32.1 Å². The molecule has 15 heavy (non-hydrogen) atoms. The van der Waals surface area contributed by atoms with Crippen LogP contribution in [0.15, 0.2) is 11.3 Å². The third kappa shape index (κ3) is 1.55. The third-order valence-corrected chi connectivity index (χ3v) is 3.51. The molecule has 0 aliphatic heterocycles. The molecule has 2 atom stereocenters. The molecular formula is C12H12N2O. The van der Waals surface area contributed by atoms with Crippen molar-refractivity contribution in [2.24, 2.45) is 11.8 Å². The Kier molecular flexibility index (Phi) is 2.56. The van der Waals surface area contributed by atoms with Gasteiger partial charge in [0, 0.05) is 12.3 Å². The molecule has 2 aliphatic rings. The molecule has 2 rings (SSSR count).